The highest BCUT2D eigenvalue weighted by Crippen LogP contribution is 2.46. The normalized spacial score (nSPS) is 15.5. The highest BCUT2D eigenvalue weighted by Gasteiger charge is 2.44. The average Bonchev–Trinajstić information content (AvgIpc) is 3.61. The molecule has 0 aliphatic carbocycles. The molecule has 0 N–H and O–H groups in total. The first kappa shape index (κ1) is 52.4. The van der Waals surface area contributed by atoms with Crippen molar-refractivity contribution in [3.8, 4) is 0 Å². The predicted octanol–water partition coefficient (Wildman–Crippen LogP) is 18.9. The number of unbranched alkanes of at least 4 members (excludes halogenated alkanes) is 34. The molecule has 0 saturated carbocycles. The zero-order chi connectivity index (χ0) is 39.8. The quantitative estimate of drug-likeness (QED) is 0.0569. The summed E-state index contributed by atoms with van der Waals surface area (Å²) in [5, 5.41) is 0. The molecule has 1 rings (SSSR count). The molecule has 1 aliphatic heterocycles. The SMILES string of the molecule is CCCCCCCCCCCCCC(CCCCCCCCCC)(CCCCCCCCCCCC)C1N(CCCCCC)C=CN1CCCCCCCC. The maximum Gasteiger partial charge on any atom is 0.106 e. The van der Waals surface area contributed by atoms with Gasteiger partial charge in [-0.1, -0.05) is 272 Å². The predicted molar refractivity (Wildman–Crippen MR) is 251 cm³/mol. The summed E-state index contributed by atoms with van der Waals surface area (Å²) in [6, 6.07) is 0. The van der Waals surface area contributed by atoms with Gasteiger partial charge < -0.3 is 9.80 Å². The van der Waals surface area contributed by atoms with Crippen molar-refractivity contribution in [3.63, 3.8) is 0 Å². The van der Waals surface area contributed by atoms with E-state index < -0.39 is 0 Å². The monoisotopic (exact) mass is 771 g/mol. The molecule has 0 radical (unpaired) electrons. The van der Waals surface area contributed by atoms with Crippen LogP contribution in [0.5, 0.6) is 0 Å². The smallest absolute Gasteiger partial charge is 0.106 e. The zero-order valence-corrected chi connectivity index (χ0v) is 39.2. The first-order valence-corrected chi connectivity index (χ1v) is 26.4. The second-order valence-corrected chi connectivity index (χ2v) is 18.8. The van der Waals surface area contributed by atoms with E-state index in [1.807, 2.05) is 0 Å². The summed E-state index contributed by atoms with van der Waals surface area (Å²) >= 11 is 0. The molecule has 0 amide bonds. The van der Waals surface area contributed by atoms with Crippen LogP contribution in [0.25, 0.3) is 0 Å². The molecule has 2 atom stereocenters. The highest BCUT2D eigenvalue weighted by atomic mass is 15.4. The average molecular weight is 771 g/mol. The summed E-state index contributed by atoms with van der Waals surface area (Å²) in [6.45, 7) is 14.3. The minimum absolute atomic E-state index is 0.429. The summed E-state index contributed by atoms with van der Waals surface area (Å²) in [5.74, 6) is 0. The van der Waals surface area contributed by atoms with Crippen LogP contribution in [0.3, 0.4) is 0 Å². The molecule has 2 nitrogen and oxygen atoms in total. The maximum absolute atomic E-state index is 2.92. The summed E-state index contributed by atoms with van der Waals surface area (Å²) in [5.41, 5.74) is 0.429. The van der Waals surface area contributed by atoms with Crippen LogP contribution in [0.15, 0.2) is 12.4 Å². The fourth-order valence-corrected chi connectivity index (χ4v) is 9.90. The van der Waals surface area contributed by atoms with Crippen LogP contribution in [0, 0.1) is 5.41 Å². The Morgan fingerprint density at radius 3 is 0.727 bits per heavy atom. The number of nitrogens with zero attached hydrogens (tertiary/aromatic N) is 2. The van der Waals surface area contributed by atoms with Gasteiger partial charge in [-0.15, -0.1) is 0 Å². The van der Waals surface area contributed by atoms with E-state index in [4.69, 9.17) is 0 Å². The fraction of sp³-hybridized carbons (Fsp3) is 0.962. The molecule has 0 saturated heterocycles. The van der Waals surface area contributed by atoms with Gasteiger partial charge in [-0.25, -0.2) is 0 Å². The van der Waals surface area contributed by atoms with Gasteiger partial charge in [0.1, 0.15) is 6.17 Å². The Balaban J connectivity index is 3.10. The van der Waals surface area contributed by atoms with Crippen molar-refractivity contribution in [2.75, 3.05) is 13.1 Å². The molecule has 55 heavy (non-hydrogen) atoms. The lowest BCUT2D eigenvalue weighted by molar-refractivity contribution is -0.0110. The van der Waals surface area contributed by atoms with E-state index in [1.165, 1.54) is 283 Å². The molecule has 2 unspecified atom stereocenters. The third-order valence-corrected chi connectivity index (χ3v) is 13.5. The van der Waals surface area contributed by atoms with Gasteiger partial charge in [0.25, 0.3) is 0 Å². The summed E-state index contributed by atoms with van der Waals surface area (Å²) in [4.78, 5) is 5.82. The van der Waals surface area contributed by atoms with Crippen LogP contribution in [0.1, 0.15) is 304 Å². The van der Waals surface area contributed by atoms with Crippen molar-refractivity contribution >= 4 is 0 Å². The Hall–Kier alpha value is -0.660. The van der Waals surface area contributed by atoms with E-state index in [9.17, 15) is 0 Å². The first-order chi connectivity index (χ1) is 27.2. The second kappa shape index (κ2) is 40.1. The maximum atomic E-state index is 2.92. The van der Waals surface area contributed by atoms with Crippen LogP contribution in [0.2, 0.25) is 0 Å². The Bertz CT molecular complexity index is 776. The van der Waals surface area contributed by atoms with E-state index in [0.717, 1.165) is 0 Å². The number of hydrogen-bond donors (Lipinski definition) is 0. The van der Waals surface area contributed by atoms with Gasteiger partial charge in [0, 0.05) is 30.9 Å². The molecule has 0 fully saturated rings. The Labute approximate surface area is 350 Å². The lowest BCUT2D eigenvalue weighted by Crippen LogP contribution is -2.52. The van der Waals surface area contributed by atoms with Gasteiger partial charge in [0.2, 0.25) is 0 Å². The second-order valence-electron chi connectivity index (χ2n) is 18.8. The highest BCUT2D eigenvalue weighted by molar-refractivity contribution is 5.05. The molecular weight excluding hydrogens is 665 g/mol. The third kappa shape index (κ3) is 28.4. The lowest BCUT2D eigenvalue weighted by Gasteiger charge is -2.48. The van der Waals surface area contributed by atoms with E-state index >= 15 is 0 Å². The van der Waals surface area contributed by atoms with E-state index in [1.54, 1.807) is 0 Å². The lowest BCUT2D eigenvalue weighted by atomic mass is 9.70. The molecule has 0 aromatic heterocycles. The van der Waals surface area contributed by atoms with Gasteiger partial charge in [-0.05, 0) is 32.1 Å². The zero-order valence-electron chi connectivity index (χ0n) is 39.2. The summed E-state index contributed by atoms with van der Waals surface area (Å²) in [6.07, 6.45) is 66.0. The molecule has 0 bridgehead atoms. The standard InChI is InChI=1S/C53H106N2/c1-6-11-16-21-25-28-30-32-35-38-42-47-53(45-40-36-33-27-23-18-13-8-3,46-41-37-34-31-29-26-22-17-12-7-2)52-54(48-43-20-15-10-5)50-51-55(52)49-44-39-24-19-14-9-4/h50-52H,6-49H2,1-5H3. The topological polar surface area (TPSA) is 6.48 Å². The van der Waals surface area contributed by atoms with Crippen molar-refractivity contribution in [2.45, 2.75) is 310 Å². The van der Waals surface area contributed by atoms with Crippen LogP contribution < -0.4 is 0 Å². The molecular formula is C53H106N2. The van der Waals surface area contributed by atoms with Crippen molar-refractivity contribution < 1.29 is 0 Å². The minimum Gasteiger partial charge on any atom is -0.356 e. The Morgan fingerprint density at radius 2 is 0.473 bits per heavy atom. The van der Waals surface area contributed by atoms with Crippen LogP contribution in [-0.2, 0) is 0 Å². The van der Waals surface area contributed by atoms with E-state index in [0.29, 0.717) is 11.6 Å². The van der Waals surface area contributed by atoms with E-state index in [2.05, 4.69) is 56.8 Å². The fourth-order valence-electron chi connectivity index (χ4n) is 9.90. The van der Waals surface area contributed by atoms with Crippen LogP contribution in [-0.4, -0.2) is 29.1 Å². The third-order valence-electron chi connectivity index (χ3n) is 13.5. The molecule has 0 spiro atoms. The van der Waals surface area contributed by atoms with Crippen molar-refractivity contribution in [1.82, 2.24) is 9.80 Å². The van der Waals surface area contributed by atoms with Gasteiger partial charge in [-0.2, -0.15) is 0 Å². The van der Waals surface area contributed by atoms with Crippen molar-refractivity contribution in [3.05, 3.63) is 12.4 Å². The van der Waals surface area contributed by atoms with E-state index in [-0.39, 0.29) is 0 Å². The van der Waals surface area contributed by atoms with Crippen molar-refractivity contribution in [2.24, 2.45) is 5.41 Å². The van der Waals surface area contributed by atoms with Gasteiger partial charge in [-0.3, -0.25) is 0 Å². The Kier molecular flexibility index (Phi) is 38.2. The van der Waals surface area contributed by atoms with Crippen LogP contribution >= 0.6 is 0 Å². The minimum atomic E-state index is 0.429. The van der Waals surface area contributed by atoms with Crippen molar-refractivity contribution in [1.29, 1.82) is 0 Å². The first-order valence-electron chi connectivity index (χ1n) is 26.4. The largest absolute Gasteiger partial charge is 0.356 e. The molecule has 0 aromatic rings. The molecule has 1 aliphatic rings. The molecule has 1 heterocycles. The summed E-state index contributed by atoms with van der Waals surface area (Å²) in [7, 11) is 0. The molecule has 328 valence electrons. The molecule has 2 heteroatoms. The van der Waals surface area contributed by atoms with Gasteiger partial charge in [0.05, 0.1) is 0 Å². The number of rotatable bonds is 45. The number of hydrogen-bond acceptors (Lipinski definition) is 2. The Morgan fingerprint density at radius 1 is 0.273 bits per heavy atom. The van der Waals surface area contributed by atoms with Gasteiger partial charge in [0.15, 0.2) is 0 Å². The molecule has 0 aromatic carbocycles. The summed E-state index contributed by atoms with van der Waals surface area (Å²) < 4.78 is 0. The van der Waals surface area contributed by atoms with Gasteiger partial charge >= 0.3 is 0 Å². The van der Waals surface area contributed by atoms with Crippen LogP contribution in [0.4, 0.5) is 0 Å².